The number of amides is 1. The van der Waals surface area contributed by atoms with Gasteiger partial charge in [0.1, 0.15) is 5.60 Å². The summed E-state index contributed by atoms with van der Waals surface area (Å²) in [4.78, 5) is 16.9. The lowest BCUT2D eigenvalue weighted by atomic mass is 10.0. The molecular formula is C19H26N2O2S. The van der Waals surface area contributed by atoms with Crippen LogP contribution in [0.5, 0.6) is 0 Å². The molecule has 5 heteroatoms. The second-order valence-corrected chi connectivity index (χ2v) is 7.85. The Morgan fingerprint density at radius 2 is 2.04 bits per heavy atom. The van der Waals surface area contributed by atoms with E-state index in [4.69, 9.17) is 9.72 Å². The third kappa shape index (κ3) is 5.13. The Kier molecular flexibility index (Phi) is 6.10. The summed E-state index contributed by atoms with van der Waals surface area (Å²) in [7, 11) is 0. The summed E-state index contributed by atoms with van der Waals surface area (Å²) in [6, 6.07) is 9.97. The second kappa shape index (κ2) is 7.88. The number of fused-ring (bicyclic) bond motifs is 1. The highest BCUT2D eigenvalue weighted by atomic mass is 32.2. The zero-order chi connectivity index (χ0) is 17.7. The highest BCUT2D eigenvalue weighted by Crippen LogP contribution is 2.24. The largest absolute Gasteiger partial charge is 0.444 e. The smallest absolute Gasteiger partial charge is 0.408 e. The number of para-hydroxylation sites is 1. The Hall–Kier alpha value is -1.75. The minimum absolute atomic E-state index is 0.157. The molecule has 0 radical (unpaired) electrons. The molecule has 1 unspecified atom stereocenters. The van der Waals surface area contributed by atoms with E-state index in [1.807, 2.05) is 39.0 Å². The zero-order valence-corrected chi connectivity index (χ0v) is 15.9. The number of rotatable bonds is 5. The number of ether oxygens (including phenoxy) is 1. The maximum Gasteiger partial charge on any atom is 0.408 e. The predicted octanol–water partition coefficient (Wildman–Crippen LogP) is 4.86. The van der Waals surface area contributed by atoms with E-state index < -0.39 is 11.7 Å². The van der Waals surface area contributed by atoms with Crippen molar-refractivity contribution in [1.82, 2.24) is 10.3 Å². The Bertz CT molecular complexity index is 710. The molecule has 0 aliphatic carbocycles. The van der Waals surface area contributed by atoms with E-state index in [1.54, 1.807) is 11.8 Å². The van der Waals surface area contributed by atoms with E-state index in [-0.39, 0.29) is 6.04 Å². The molecule has 130 valence electrons. The number of hydrogen-bond acceptors (Lipinski definition) is 4. The van der Waals surface area contributed by atoms with Crippen LogP contribution in [-0.2, 0) is 4.74 Å². The summed E-state index contributed by atoms with van der Waals surface area (Å²) in [5.74, 6) is 0.939. The van der Waals surface area contributed by atoms with Gasteiger partial charge in [-0.2, -0.15) is 11.8 Å². The van der Waals surface area contributed by atoms with Gasteiger partial charge in [-0.15, -0.1) is 0 Å². The maximum atomic E-state index is 12.2. The lowest BCUT2D eigenvalue weighted by molar-refractivity contribution is 0.0501. The van der Waals surface area contributed by atoms with Crippen molar-refractivity contribution in [2.75, 3.05) is 12.0 Å². The maximum absolute atomic E-state index is 12.2. The van der Waals surface area contributed by atoms with E-state index in [0.29, 0.717) is 0 Å². The second-order valence-electron chi connectivity index (χ2n) is 6.86. The number of benzene rings is 1. The first-order valence-electron chi connectivity index (χ1n) is 8.15. The van der Waals surface area contributed by atoms with Crippen LogP contribution >= 0.6 is 11.8 Å². The highest BCUT2D eigenvalue weighted by Gasteiger charge is 2.21. The van der Waals surface area contributed by atoms with Crippen molar-refractivity contribution < 1.29 is 9.53 Å². The van der Waals surface area contributed by atoms with Crippen LogP contribution < -0.4 is 5.32 Å². The number of nitrogens with one attached hydrogen (secondary N) is 1. The number of carbonyl (C=O) groups is 1. The van der Waals surface area contributed by atoms with Gasteiger partial charge in [0.25, 0.3) is 0 Å². The van der Waals surface area contributed by atoms with Gasteiger partial charge in [0.2, 0.25) is 0 Å². The van der Waals surface area contributed by atoms with E-state index >= 15 is 0 Å². The molecule has 0 aliphatic heterocycles. The molecule has 1 aromatic heterocycles. The fourth-order valence-electron chi connectivity index (χ4n) is 2.53. The Morgan fingerprint density at radius 1 is 1.33 bits per heavy atom. The number of thioether (sulfide) groups is 1. The normalized spacial score (nSPS) is 12.9. The summed E-state index contributed by atoms with van der Waals surface area (Å²) in [6.45, 7) is 7.67. The number of hydrogen-bond donors (Lipinski definition) is 1. The average molecular weight is 346 g/mol. The lowest BCUT2D eigenvalue weighted by Crippen LogP contribution is -2.35. The van der Waals surface area contributed by atoms with Gasteiger partial charge in [0.05, 0.1) is 17.3 Å². The number of aromatic nitrogens is 1. The van der Waals surface area contributed by atoms with Crippen LogP contribution in [0.1, 0.15) is 44.5 Å². The lowest BCUT2D eigenvalue weighted by Gasteiger charge is -2.24. The van der Waals surface area contributed by atoms with Gasteiger partial charge >= 0.3 is 6.09 Å². The highest BCUT2D eigenvalue weighted by molar-refractivity contribution is 7.98. The monoisotopic (exact) mass is 346 g/mol. The molecule has 0 spiro atoms. The fourth-order valence-corrected chi connectivity index (χ4v) is 3.00. The summed E-state index contributed by atoms with van der Waals surface area (Å²) < 4.78 is 5.40. The summed E-state index contributed by atoms with van der Waals surface area (Å²) in [6.07, 6.45) is 2.47. The summed E-state index contributed by atoms with van der Waals surface area (Å²) in [5, 5.41) is 4.12. The number of nitrogens with zero attached hydrogens (tertiary/aromatic N) is 1. The van der Waals surface area contributed by atoms with Crippen molar-refractivity contribution in [2.24, 2.45) is 0 Å². The van der Waals surface area contributed by atoms with E-state index in [9.17, 15) is 4.79 Å². The van der Waals surface area contributed by atoms with Crippen LogP contribution in [-0.4, -0.2) is 28.7 Å². The number of aryl methyl sites for hydroxylation is 1. The molecule has 1 amide bonds. The van der Waals surface area contributed by atoms with Gasteiger partial charge in [-0.05, 0) is 63.8 Å². The first-order valence-corrected chi connectivity index (χ1v) is 9.54. The van der Waals surface area contributed by atoms with Gasteiger partial charge in [0.15, 0.2) is 0 Å². The third-order valence-corrected chi connectivity index (χ3v) is 4.25. The molecule has 1 N–H and O–H groups in total. The van der Waals surface area contributed by atoms with Crippen molar-refractivity contribution in [3.05, 3.63) is 41.6 Å². The zero-order valence-electron chi connectivity index (χ0n) is 15.1. The summed E-state index contributed by atoms with van der Waals surface area (Å²) in [5.41, 5.74) is 2.48. The molecule has 1 aromatic carbocycles. The number of alkyl carbamates (subject to hydrolysis) is 1. The van der Waals surface area contributed by atoms with Crippen molar-refractivity contribution in [2.45, 2.75) is 45.8 Å². The van der Waals surface area contributed by atoms with E-state index in [2.05, 4.69) is 30.6 Å². The Morgan fingerprint density at radius 3 is 2.71 bits per heavy atom. The topological polar surface area (TPSA) is 51.2 Å². The van der Waals surface area contributed by atoms with Gasteiger partial charge in [-0.3, -0.25) is 4.98 Å². The van der Waals surface area contributed by atoms with Crippen LogP contribution in [0.3, 0.4) is 0 Å². The third-order valence-electron chi connectivity index (χ3n) is 3.60. The van der Waals surface area contributed by atoms with Gasteiger partial charge in [-0.25, -0.2) is 4.79 Å². The van der Waals surface area contributed by atoms with Crippen LogP contribution in [0.15, 0.2) is 30.3 Å². The average Bonchev–Trinajstić information content (AvgIpc) is 2.49. The van der Waals surface area contributed by atoms with Crippen LogP contribution in [0.4, 0.5) is 4.79 Å². The summed E-state index contributed by atoms with van der Waals surface area (Å²) >= 11 is 1.75. The van der Waals surface area contributed by atoms with Crippen LogP contribution in [0, 0.1) is 6.92 Å². The predicted molar refractivity (Wildman–Crippen MR) is 102 cm³/mol. The molecule has 0 aliphatic rings. The molecular weight excluding hydrogens is 320 g/mol. The molecule has 2 aromatic rings. The number of carbonyl (C=O) groups excluding carboxylic acids is 1. The van der Waals surface area contributed by atoms with E-state index in [1.165, 1.54) is 0 Å². The van der Waals surface area contributed by atoms with Crippen molar-refractivity contribution in [1.29, 1.82) is 0 Å². The standard InChI is InChI=1S/C19H26N2O2S/c1-13-12-17(20-15-9-7-6-8-14(13)15)16(10-11-24-5)21-18(22)23-19(2,3)4/h6-9,12,16H,10-11H2,1-5H3,(H,21,22). The Labute approximate surface area is 148 Å². The molecule has 0 saturated carbocycles. The van der Waals surface area contributed by atoms with Crippen molar-refractivity contribution >= 4 is 28.8 Å². The molecule has 1 heterocycles. The first-order chi connectivity index (χ1) is 11.3. The van der Waals surface area contributed by atoms with Crippen LogP contribution in [0.25, 0.3) is 10.9 Å². The van der Waals surface area contributed by atoms with Crippen molar-refractivity contribution in [3.63, 3.8) is 0 Å². The van der Waals surface area contributed by atoms with Crippen LogP contribution in [0.2, 0.25) is 0 Å². The minimum atomic E-state index is -0.513. The molecule has 0 saturated heterocycles. The van der Waals surface area contributed by atoms with Crippen molar-refractivity contribution in [3.8, 4) is 0 Å². The molecule has 24 heavy (non-hydrogen) atoms. The molecule has 0 fully saturated rings. The van der Waals surface area contributed by atoms with Gasteiger partial charge in [0, 0.05) is 5.39 Å². The SMILES string of the molecule is CSCCC(NC(=O)OC(C)(C)C)c1cc(C)c2ccccc2n1. The van der Waals surface area contributed by atoms with Gasteiger partial charge in [-0.1, -0.05) is 18.2 Å². The molecule has 4 nitrogen and oxygen atoms in total. The minimum Gasteiger partial charge on any atom is -0.444 e. The first kappa shape index (κ1) is 18.6. The number of pyridine rings is 1. The fraction of sp³-hybridized carbons (Fsp3) is 0.474. The van der Waals surface area contributed by atoms with Gasteiger partial charge < -0.3 is 10.1 Å². The molecule has 0 bridgehead atoms. The van der Waals surface area contributed by atoms with E-state index in [0.717, 1.165) is 34.3 Å². The molecule has 2 rings (SSSR count). The Balaban J connectivity index is 2.28. The quantitative estimate of drug-likeness (QED) is 0.840. The molecule has 1 atom stereocenters.